The molecule has 1 aliphatic carbocycles. The summed E-state index contributed by atoms with van der Waals surface area (Å²) < 4.78 is 82.7. The molecule has 54 heavy (non-hydrogen) atoms. The van der Waals surface area contributed by atoms with Crippen LogP contribution in [0.2, 0.25) is 0 Å². The summed E-state index contributed by atoms with van der Waals surface area (Å²) in [7, 11) is 0. The van der Waals surface area contributed by atoms with Crippen molar-refractivity contribution in [1.29, 1.82) is 0 Å². The molecule has 7 rings (SSSR count). The quantitative estimate of drug-likeness (QED) is 0.102. The van der Waals surface area contributed by atoms with E-state index in [0.717, 1.165) is 47.3 Å². The van der Waals surface area contributed by atoms with Crippen molar-refractivity contribution in [3.63, 3.8) is 0 Å². The molecule has 2 heterocycles. The van der Waals surface area contributed by atoms with Crippen molar-refractivity contribution in [2.45, 2.75) is 84.6 Å². The van der Waals surface area contributed by atoms with E-state index < -0.39 is 46.8 Å². The van der Waals surface area contributed by atoms with Gasteiger partial charge in [0.1, 0.15) is 5.56 Å². The third-order valence-corrected chi connectivity index (χ3v) is 11.4. The number of nitrogens with zero attached hydrogens (tertiary/aromatic N) is 1. The van der Waals surface area contributed by atoms with Crippen LogP contribution in [0.1, 0.15) is 92.0 Å². The Morgan fingerprint density at radius 1 is 0.815 bits per heavy atom. The largest absolute Gasteiger partial charge is 0.392 e. The Morgan fingerprint density at radius 3 is 2.13 bits per heavy atom. The van der Waals surface area contributed by atoms with Gasteiger partial charge in [-0.3, -0.25) is 9.69 Å². The second-order valence-corrected chi connectivity index (χ2v) is 16.4. The second-order valence-electron chi connectivity index (χ2n) is 16.4. The molecule has 3 aliphatic rings. The number of amides is 1. The first-order chi connectivity index (χ1) is 25.6. The number of aliphatic hydroxyl groups is 1. The number of nitrogens with one attached hydrogen (secondary N) is 1. The standard InChI is InChI=1S/C43H45F5N2O4/c1-24-32(20-50-23-43(4)18-31(50)17-42(2,3)22-43)53-41(54-39(24)28-10-8-25(21-51)9-11-28)29-14-12-27(13-15-29)30-7-5-6-26(16-30)19-49-40(52)33-34(44)36(46)38(48)37(47)35(33)45/h5-16,24,31-32,39,41,51H,17-23H2,1-4H3,(H,49,52)/t24-,31?,32+,39+,41+,43?/m1/s1. The summed E-state index contributed by atoms with van der Waals surface area (Å²) in [6, 6.07) is 23.2. The number of carbonyl (C=O) groups excluding carboxylic acids is 1. The van der Waals surface area contributed by atoms with Gasteiger partial charge in [-0.15, -0.1) is 0 Å². The van der Waals surface area contributed by atoms with Gasteiger partial charge in [0.2, 0.25) is 5.82 Å². The Hall–Kier alpha value is -4.16. The van der Waals surface area contributed by atoms with E-state index in [4.69, 9.17) is 9.47 Å². The Morgan fingerprint density at radius 2 is 1.46 bits per heavy atom. The highest BCUT2D eigenvalue weighted by molar-refractivity contribution is 5.94. The molecule has 2 aliphatic heterocycles. The molecule has 2 N–H and O–H groups in total. The number of hydrogen-bond donors (Lipinski definition) is 2. The molecule has 286 valence electrons. The van der Waals surface area contributed by atoms with Crippen LogP contribution in [0.4, 0.5) is 22.0 Å². The Labute approximate surface area is 312 Å². The monoisotopic (exact) mass is 748 g/mol. The summed E-state index contributed by atoms with van der Waals surface area (Å²) >= 11 is 0. The molecule has 0 radical (unpaired) electrons. The third-order valence-electron chi connectivity index (χ3n) is 11.4. The van der Waals surface area contributed by atoms with E-state index in [1.54, 1.807) is 18.2 Å². The van der Waals surface area contributed by atoms with Crippen LogP contribution in [-0.4, -0.2) is 41.1 Å². The normalized spacial score (nSPS) is 26.5. The fraction of sp³-hybridized carbons (Fsp3) is 0.419. The molecule has 3 fully saturated rings. The Bertz CT molecular complexity index is 1990. The zero-order valence-corrected chi connectivity index (χ0v) is 30.8. The number of aliphatic hydroxyl groups excluding tert-OH is 1. The third kappa shape index (κ3) is 7.56. The van der Waals surface area contributed by atoms with Crippen LogP contribution in [-0.2, 0) is 22.6 Å². The minimum Gasteiger partial charge on any atom is -0.392 e. The Kier molecular flexibility index (Phi) is 10.5. The van der Waals surface area contributed by atoms with Gasteiger partial charge in [-0.05, 0) is 64.0 Å². The van der Waals surface area contributed by atoms with Crippen LogP contribution < -0.4 is 5.32 Å². The fourth-order valence-electron chi connectivity index (χ4n) is 9.12. The number of benzene rings is 4. The molecule has 4 aromatic carbocycles. The van der Waals surface area contributed by atoms with Crippen molar-refractivity contribution in [2.24, 2.45) is 16.7 Å². The zero-order valence-electron chi connectivity index (χ0n) is 30.8. The zero-order chi connectivity index (χ0) is 38.5. The maximum absolute atomic E-state index is 14.2. The van der Waals surface area contributed by atoms with Crippen molar-refractivity contribution < 1.29 is 41.3 Å². The summed E-state index contributed by atoms with van der Waals surface area (Å²) in [5.41, 5.74) is 3.90. The molecule has 11 heteroatoms. The van der Waals surface area contributed by atoms with Crippen molar-refractivity contribution in [2.75, 3.05) is 13.1 Å². The molecule has 0 aromatic heterocycles. The highest BCUT2D eigenvalue weighted by Crippen LogP contribution is 2.53. The van der Waals surface area contributed by atoms with Gasteiger partial charge in [0.15, 0.2) is 29.6 Å². The second kappa shape index (κ2) is 14.8. The summed E-state index contributed by atoms with van der Waals surface area (Å²) in [4.78, 5) is 15.1. The van der Waals surface area contributed by atoms with Gasteiger partial charge in [0.25, 0.3) is 5.91 Å². The highest BCUT2D eigenvalue weighted by atomic mass is 19.2. The predicted molar refractivity (Wildman–Crippen MR) is 193 cm³/mol. The van der Waals surface area contributed by atoms with Crippen molar-refractivity contribution in [1.82, 2.24) is 10.2 Å². The SMILES string of the molecule is C[C@@H]1[C@H](CN2CC3(C)CC2CC(C)(C)C3)O[C@H](c2ccc(-c3cccc(CNC(=O)c4c(F)c(F)c(F)c(F)c4F)c3)cc2)O[C@@H]1c1ccc(CO)cc1. The number of likely N-dealkylation sites (tertiary alicyclic amines) is 1. The number of halogens is 5. The molecule has 2 bridgehead atoms. The lowest BCUT2D eigenvalue weighted by atomic mass is 9.65. The summed E-state index contributed by atoms with van der Waals surface area (Å²) in [6.07, 6.45) is 2.59. The van der Waals surface area contributed by atoms with Crippen LogP contribution in [0.25, 0.3) is 11.1 Å². The summed E-state index contributed by atoms with van der Waals surface area (Å²) in [6.45, 7) is 10.9. The average molecular weight is 749 g/mol. The number of ether oxygens (including phenoxy) is 2. The molecule has 6 nitrogen and oxygen atoms in total. The lowest BCUT2D eigenvalue weighted by Crippen LogP contribution is -2.46. The van der Waals surface area contributed by atoms with Gasteiger partial charge >= 0.3 is 0 Å². The predicted octanol–water partition coefficient (Wildman–Crippen LogP) is 9.16. The average Bonchev–Trinajstić information content (AvgIpc) is 3.40. The minimum atomic E-state index is -2.33. The topological polar surface area (TPSA) is 71.0 Å². The van der Waals surface area contributed by atoms with Gasteiger partial charge in [-0.1, -0.05) is 94.4 Å². The van der Waals surface area contributed by atoms with Crippen LogP contribution in [0, 0.1) is 45.8 Å². The van der Waals surface area contributed by atoms with E-state index in [9.17, 15) is 31.9 Å². The van der Waals surface area contributed by atoms with Gasteiger partial charge in [0, 0.05) is 37.2 Å². The first-order valence-electron chi connectivity index (χ1n) is 18.4. The van der Waals surface area contributed by atoms with E-state index in [1.165, 1.54) is 12.8 Å². The van der Waals surface area contributed by atoms with Crippen molar-refractivity contribution in [3.05, 3.63) is 130 Å². The molecule has 2 unspecified atom stereocenters. The first kappa shape index (κ1) is 38.1. The van der Waals surface area contributed by atoms with Crippen molar-refractivity contribution >= 4 is 5.91 Å². The molecular weight excluding hydrogens is 703 g/mol. The first-order valence-corrected chi connectivity index (χ1v) is 18.4. The van der Waals surface area contributed by atoms with Crippen LogP contribution in [0.3, 0.4) is 0 Å². The molecule has 1 amide bonds. The molecule has 4 aromatic rings. The number of hydrogen-bond acceptors (Lipinski definition) is 5. The smallest absolute Gasteiger partial charge is 0.257 e. The molecule has 6 atom stereocenters. The maximum atomic E-state index is 14.2. The van der Waals surface area contributed by atoms with E-state index >= 15 is 0 Å². The summed E-state index contributed by atoms with van der Waals surface area (Å²) in [5, 5.41) is 11.9. The Balaban J connectivity index is 1.08. The van der Waals surface area contributed by atoms with Crippen LogP contribution >= 0.6 is 0 Å². The number of carbonyl (C=O) groups is 1. The molecule has 0 spiro atoms. The van der Waals surface area contributed by atoms with Crippen LogP contribution in [0.15, 0.2) is 72.8 Å². The van der Waals surface area contributed by atoms with Crippen LogP contribution in [0.5, 0.6) is 0 Å². The van der Waals surface area contributed by atoms with E-state index in [-0.39, 0.29) is 36.7 Å². The van der Waals surface area contributed by atoms with E-state index in [2.05, 4.69) is 37.9 Å². The summed E-state index contributed by atoms with van der Waals surface area (Å²) in [5.74, 6) is -12.4. The molecule has 2 saturated heterocycles. The van der Waals surface area contributed by atoms with Crippen molar-refractivity contribution in [3.8, 4) is 11.1 Å². The minimum absolute atomic E-state index is 0.0382. The lowest BCUT2D eigenvalue weighted by molar-refractivity contribution is -0.276. The van der Waals surface area contributed by atoms with Gasteiger partial charge in [0.05, 0.1) is 18.8 Å². The van der Waals surface area contributed by atoms with Gasteiger partial charge in [-0.25, -0.2) is 22.0 Å². The van der Waals surface area contributed by atoms with E-state index in [0.29, 0.717) is 17.0 Å². The number of fused-ring (bicyclic) bond motifs is 2. The highest BCUT2D eigenvalue weighted by Gasteiger charge is 2.51. The lowest BCUT2D eigenvalue weighted by Gasteiger charge is -2.43. The van der Waals surface area contributed by atoms with Gasteiger partial charge in [-0.2, -0.15) is 0 Å². The molecule has 1 saturated carbocycles. The van der Waals surface area contributed by atoms with E-state index in [1.807, 2.05) is 54.6 Å². The fourth-order valence-corrected chi connectivity index (χ4v) is 9.12. The van der Waals surface area contributed by atoms with Gasteiger partial charge < -0.3 is 19.9 Å². The number of rotatable bonds is 9. The molecular formula is C43H45F5N2O4. The maximum Gasteiger partial charge on any atom is 0.257 e.